The minimum atomic E-state index is -0.0327. The maximum atomic E-state index is 5.54. The first kappa shape index (κ1) is 63.3. The summed E-state index contributed by atoms with van der Waals surface area (Å²) in [7, 11) is 0. The zero-order valence-electron chi connectivity index (χ0n) is 58.8. The summed E-state index contributed by atoms with van der Waals surface area (Å²) in [5, 5.41) is 2.14. The van der Waals surface area contributed by atoms with Crippen LogP contribution in [0.4, 0.5) is 68.2 Å². The van der Waals surface area contributed by atoms with E-state index in [1.165, 1.54) is 33.5 Å². The summed E-state index contributed by atoms with van der Waals surface area (Å²) in [6, 6.07) is 146. The molecule has 506 valence electrons. The zero-order chi connectivity index (χ0) is 71.4. The fraction of sp³-hybridized carbons (Fsp3) is 0. The van der Waals surface area contributed by atoms with Gasteiger partial charge in [-0.05, 0) is 184 Å². The highest BCUT2D eigenvalue weighted by molar-refractivity contribution is 7.00. The Balaban J connectivity index is 0.818. The number of nitrogens with zero attached hydrogens (tertiary/aromatic N) is 8. The highest BCUT2D eigenvalue weighted by Crippen LogP contribution is 2.51. The third kappa shape index (κ3) is 11.1. The van der Waals surface area contributed by atoms with Gasteiger partial charge in [-0.15, -0.1) is 0 Å². The van der Waals surface area contributed by atoms with Crippen LogP contribution in [0.2, 0.25) is 0 Å². The molecule has 0 saturated heterocycles. The molecule has 2 aliphatic heterocycles. The number of para-hydroxylation sites is 9. The molecule has 9 heteroatoms. The summed E-state index contributed by atoms with van der Waals surface area (Å²) >= 11 is 0. The first-order valence-corrected chi connectivity index (χ1v) is 36.8. The van der Waals surface area contributed by atoms with Gasteiger partial charge in [0, 0.05) is 101 Å². The van der Waals surface area contributed by atoms with Gasteiger partial charge in [0.15, 0.2) is 17.5 Å². The lowest BCUT2D eigenvalue weighted by Gasteiger charge is -2.45. The van der Waals surface area contributed by atoms with Gasteiger partial charge in [0.05, 0.1) is 22.4 Å². The standard InChI is InChI=1S/C99H67BN8/c1-9-32-68(33-10-1)97-101-98(69-34-11-2-12-35-69)103-99(102-97)84-53-31-52-82(95(84)108-89-61-58-80(104(74-40-13-3-14-41-74)75-42-15-4-16-43-75)66-85(89)86-67-81(59-62-90(86)108)105(76-44-17-5-18-45-76)77-46-19-6-20-47-77)72-38-29-36-70(64-72)71-37-30-39-73(65-71)83-60-63-93-94-96(83)107(79-50-23-8-24-51-79)92-57-28-26-55-88(92)100(94)87-54-25-27-56-91(87)106(93)78-48-21-7-22-49-78/h1-67H. The normalized spacial score (nSPS) is 12.0. The van der Waals surface area contributed by atoms with Crippen molar-refractivity contribution >= 4 is 113 Å². The van der Waals surface area contributed by atoms with Gasteiger partial charge in [-0.1, -0.05) is 261 Å². The van der Waals surface area contributed by atoms with Crippen LogP contribution in [0.1, 0.15) is 0 Å². The molecule has 0 saturated carbocycles. The fourth-order valence-corrected chi connectivity index (χ4v) is 16.4. The molecule has 0 amide bonds. The summed E-state index contributed by atoms with van der Waals surface area (Å²) < 4.78 is 2.47. The summed E-state index contributed by atoms with van der Waals surface area (Å²) in [5.41, 5.74) is 29.0. The lowest BCUT2D eigenvalue weighted by molar-refractivity contribution is 1.06. The number of fused-ring (bicyclic) bond motifs is 7. The smallest absolute Gasteiger partial charge is 0.252 e. The van der Waals surface area contributed by atoms with Crippen molar-refractivity contribution in [3.63, 3.8) is 0 Å². The fourth-order valence-electron chi connectivity index (χ4n) is 16.4. The number of aromatic nitrogens is 4. The largest absolute Gasteiger partial charge is 0.311 e. The minimum absolute atomic E-state index is 0.0327. The molecule has 0 atom stereocenters. The maximum Gasteiger partial charge on any atom is 0.252 e. The van der Waals surface area contributed by atoms with Crippen LogP contribution in [0.5, 0.6) is 0 Å². The molecular weight excluding hydrogens is 1310 g/mol. The Morgan fingerprint density at radius 2 is 0.593 bits per heavy atom. The molecule has 0 fully saturated rings. The van der Waals surface area contributed by atoms with Crippen molar-refractivity contribution in [1.29, 1.82) is 0 Å². The van der Waals surface area contributed by atoms with Crippen LogP contribution >= 0.6 is 0 Å². The van der Waals surface area contributed by atoms with Crippen LogP contribution < -0.4 is 36.0 Å². The van der Waals surface area contributed by atoms with Gasteiger partial charge in [-0.3, -0.25) is 0 Å². The Morgan fingerprint density at radius 3 is 1.06 bits per heavy atom. The van der Waals surface area contributed by atoms with Crippen molar-refractivity contribution in [2.75, 3.05) is 19.6 Å². The van der Waals surface area contributed by atoms with E-state index in [9.17, 15) is 0 Å². The van der Waals surface area contributed by atoms with Crippen molar-refractivity contribution in [1.82, 2.24) is 19.5 Å². The molecule has 2 aliphatic rings. The van der Waals surface area contributed by atoms with Crippen molar-refractivity contribution in [3.8, 4) is 73.2 Å². The van der Waals surface area contributed by atoms with Gasteiger partial charge in [0.2, 0.25) is 0 Å². The molecule has 0 N–H and O–H groups in total. The molecule has 20 rings (SSSR count). The number of benzene rings is 16. The Labute approximate surface area is 628 Å². The van der Waals surface area contributed by atoms with Crippen LogP contribution in [-0.2, 0) is 0 Å². The Morgan fingerprint density at radius 1 is 0.231 bits per heavy atom. The van der Waals surface area contributed by atoms with Crippen molar-refractivity contribution in [3.05, 3.63) is 406 Å². The quantitative estimate of drug-likeness (QED) is 0.0948. The second kappa shape index (κ2) is 27.0. The molecule has 0 aliphatic carbocycles. The number of hydrogen-bond donors (Lipinski definition) is 0. The molecule has 8 nitrogen and oxygen atoms in total. The molecule has 0 radical (unpaired) electrons. The highest BCUT2D eigenvalue weighted by atomic mass is 15.2. The number of anilines is 12. The lowest BCUT2D eigenvalue weighted by Crippen LogP contribution is -2.61. The molecular formula is C99H67BN8. The van der Waals surface area contributed by atoms with Crippen molar-refractivity contribution < 1.29 is 0 Å². The average molecular weight is 1380 g/mol. The molecule has 108 heavy (non-hydrogen) atoms. The number of rotatable bonds is 15. The minimum Gasteiger partial charge on any atom is -0.311 e. The Kier molecular flexibility index (Phi) is 15.8. The lowest BCUT2D eigenvalue weighted by atomic mass is 9.33. The third-order valence-corrected chi connectivity index (χ3v) is 21.1. The topological polar surface area (TPSA) is 56.6 Å². The maximum absolute atomic E-state index is 5.54. The van der Waals surface area contributed by atoms with Crippen molar-refractivity contribution in [2.45, 2.75) is 0 Å². The molecule has 2 aromatic heterocycles. The zero-order valence-corrected chi connectivity index (χ0v) is 58.8. The average Bonchev–Trinajstić information content (AvgIpc) is 0.821. The summed E-state index contributed by atoms with van der Waals surface area (Å²) in [4.78, 5) is 26.0. The van der Waals surface area contributed by atoms with Gasteiger partial charge in [-0.2, -0.15) is 0 Å². The van der Waals surface area contributed by atoms with E-state index in [4.69, 9.17) is 15.0 Å². The van der Waals surface area contributed by atoms with Crippen LogP contribution in [0.25, 0.3) is 95.0 Å². The number of hydrogen-bond acceptors (Lipinski definition) is 7. The predicted octanol–water partition coefficient (Wildman–Crippen LogP) is 24.0. The summed E-state index contributed by atoms with van der Waals surface area (Å²) in [5.74, 6) is 1.70. The van der Waals surface area contributed by atoms with Gasteiger partial charge < -0.3 is 24.2 Å². The van der Waals surface area contributed by atoms with Gasteiger partial charge in [0.25, 0.3) is 6.71 Å². The monoisotopic (exact) mass is 1380 g/mol. The van der Waals surface area contributed by atoms with E-state index in [0.717, 1.165) is 129 Å². The van der Waals surface area contributed by atoms with E-state index in [0.29, 0.717) is 17.5 Å². The summed E-state index contributed by atoms with van der Waals surface area (Å²) in [6.07, 6.45) is 0. The third-order valence-electron chi connectivity index (χ3n) is 21.1. The van der Waals surface area contributed by atoms with E-state index in [-0.39, 0.29) is 6.71 Å². The molecule has 0 unspecified atom stereocenters. The molecule has 18 aromatic rings. The van der Waals surface area contributed by atoms with E-state index < -0.39 is 0 Å². The second-order valence-electron chi connectivity index (χ2n) is 27.4. The van der Waals surface area contributed by atoms with E-state index in [1.807, 2.05) is 36.4 Å². The van der Waals surface area contributed by atoms with Gasteiger partial charge >= 0.3 is 0 Å². The van der Waals surface area contributed by atoms with Crippen molar-refractivity contribution in [2.24, 2.45) is 0 Å². The van der Waals surface area contributed by atoms with Crippen LogP contribution in [0.3, 0.4) is 0 Å². The molecule has 0 bridgehead atoms. The SMILES string of the molecule is c1ccc(-c2nc(-c3ccccc3)nc(-c3cccc(-c4cccc(-c5cccc(-c6ccc7c8c6N(c6ccccc6)c6ccccc6B8c6ccccc6N7c6ccccc6)c5)c4)c3-n3c4ccc(N(c5ccccc5)c5ccccc5)cc4c4cc(N(c5ccccc5)c5ccccc5)ccc43)n2)cc1. The predicted molar refractivity (Wildman–Crippen MR) is 450 cm³/mol. The molecule has 16 aromatic carbocycles. The van der Waals surface area contributed by atoms with Crippen LogP contribution in [-0.4, -0.2) is 26.2 Å². The highest BCUT2D eigenvalue weighted by Gasteiger charge is 2.44. The van der Waals surface area contributed by atoms with Crippen LogP contribution in [0, 0.1) is 0 Å². The van der Waals surface area contributed by atoms with E-state index >= 15 is 0 Å². The van der Waals surface area contributed by atoms with E-state index in [1.54, 1.807) is 0 Å². The Hall–Kier alpha value is -14.4. The second-order valence-corrected chi connectivity index (χ2v) is 27.4. The van der Waals surface area contributed by atoms with Gasteiger partial charge in [-0.25, -0.2) is 15.0 Å². The first-order chi connectivity index (χ1) is 53.6. The molecule has 4 heterocycles. The van der Waals surface area contributed by atoms with E-state index in [2.05, 4.69) is 394 Å². The van der Waals surface area contributed by atoms with Crippen LogP contribution in [0.15, 0.2) is 406 Å². The summed E-state index contributed by atoms with van der Waals surface area (Å²) in [6.45, 7) is -0.0327. The Bertz CT molecular complexity index is 6100. The first-order valence-electron chi connectivity index (χ1n) is 36.8. The van der Waals surface area contributed by atoms with Gasteiger partial charge in [0.1, 0.15) is 0 Å². The molecule has 0 spiro atoms.